The van der Waals surface area contributed by atoms with Crippen molar-refractivity contribution < 1.29 is 9.72 Å². The monoisotopic (exact) mass is 454 g/mol. The smallest absolute Gasteiger partial charge is 0.271 e. The molecule has 1 aliphatic heterocycles. The summed E-state index contributed by atoms with van der Waals surface area (Å²) in [6.45, 7) is 2.05. The molecule has 1 atom stereocenters. The number of carbonyl (C=O) groups excluding carboxylic acids is 1. The summed E-state index contributed by atoms with van der Waals surface area (Å²) in [7, 11) is 0. The van der Waals surface area contributed by atoms with Gasteiger partial charge >= 0.3 is 0 Å². The number of thiophene rings is 1. The van der Waals surface area contributed by atoms with Gasteiger partial charge in [-0.05, 0) is 37.5 Å². The van der Waals surface area contributed by atoms with Crippen LogP contribution in [-0.2, 0) is 11.2 Å². The van der Waals surface area contributed by atoms with Crippen molar-refractivity contribution in [3.63, 3.8) is 0 Å². The van der Waals surface area contributed by atoms with E-state index in [2.05, 4.69) is 6.07 Å². The van der Waals surface area contributed by atoms with Crippen molar-refractivity contribution in [3.8, 4) is 6.07 Å². The number of benzene rings is 1. The van der Waals surface area contributed by atoms with Crippen LogP contribution in [0, 0.1) is 21.4 Å². The van der Waals surface area contributed by atoms with Gasteiger partial charge in [0.2, 0.25) is 0 Å². The molecule has 0 saturated heterocycles. The fraction of sp³-hybridized carbons (Fsp3) is 0.273. The molecule has 31 heavy (non-hydrogen) atoms. The van der Waals surface area contributed by atoms with E-state index < -0.39 is 10.8 Å². The largest absolute Gasteiger partial charge is 0.384 e. The summed E-state index contributed by atoms with van der Waals surface area (Å²) >= 11 is 7.97. The molecular formula is C22H19ClN4O3S. The summed E-state index contributed by atoms with van der Waals surface area (Å²) < 4.78 is 0. The second-order valence-electron chi connectivity index (χ2n) is 7.37. The number of ketones is 1. The number of carbonyl (C=O) groups is 1. The summed E-state index contributed by atoms with van der Waals surface area (Å²) in [5.41, 5.74) is 8.08. The first-order valence-electron chi connectivity index (χ1n) is 9.86. The molecule has 2 heterocycles. The number of rotatable bonds is 4. The number of halogens is 1. The zero-order chi connectivity index (χ0) is 22.3. The average Bonchev–Trinajstić information content (AvgIpc) is 3.22. The highest BCUT2D eigenvalue weighted by molar-refractivity contribution is 7.12. The van der Waals surface area contributed by atoms with E-state index in [9.17, 15) is 20.2 Å². The van der Waals surface area contributed by atoms with Crippen molar-refractivity contribution in [2.45, 2.75) is 38.5 Å². The van der Waals surface area contributed by atoms with Crippen LogP contribution in [0.1, 0.15) is 41.9 Å². The van der Waals surface area contributed by atoms with E-state index in [1.165, 1.54) is 18.2 Å². The van der Waals surface area contributed by atoms with E-state index in [1.807, 2.05) is 19.1 Å². The van der Waals surface area contributed by atoms with Crippen LogP contribution in [0.15, 0.2) is 53.0 Å². The summed E-state index contributed by atoms with van der Waals surface area (Å²) in [5, 5.41) is 21.6. The van der Waals surface area contributed by atoms with Gasteiger partial charge in [0.1, 0.15) is 5.82 Å². The normalized spacial score (nSPS) is 18.8. The Morgan fingerprint density at radius 1 is 1.35 bits per heavy atom. The van der Waals surface area contributed by atoms with E-state index in [4.69, 9.17) is 17.3 Å². The lowest BCUT2D eigenvalue weighted by atomic mass is 9.78. The highest BCUT2D eigenvalue weighted by atomic mass is 35.5. The van der Waals surface area contributed by atoms with Crippen LogP contribution in [0.4, 0.5) is 11.4 Å². The van der Waals surface area contributed by atoms with E-state index in [0.717, 1.165) is 16.2 Å². The third-order valence-electron chi connectivity index (χ3n) is 5.61. The molecule has 0 unspecified atom stereocenters. The van der Waals surface area contributed by atoms with Crippen LogP contribution in [0.5, 0.6) is 0 Å². The Kier molecular flexibility index (Phi) is 5.56. The summed E-state index contributed by atoms with van der Waals surface area (Å²) in [4.78, 5) is 27.5. The second-order valence-corrected chi connectivity index (χ2v) is 8.97. The number of hydrogen-bond acceptors (Lipinski definition) is 7. The molecule has 0 radical (unpaired) electrons. The van der Waals surface area contributed by atoms with Crippen LogP contribution in [0.3, 0.4) is 0 Å². The maximum absolute atomic E-state index is 13.1. The highest BCUT2D eigenvalue weighted by Gasteiger charge is 2.41. The fourth-order valence-electron chi connectivity index (χ4n) is 4.17. The Morgan fingerprint density at radius 2 is 2.13 bits per heavy atom. The van der Waals surface area contributed by atoms with Crippen LogP contribution in [-0.4, -0.2) is 10.7 Å². The van der Waals surface area contributed by atoms with Gasteiger partial charge in [-0.1, -0.05) is 18.5 Å². The Labute approximate surface area is 188 Å². The molecular weight excluding hydrogens is 436 g/mol. The number of allylic oxidation sites excluding steroid dienone is 3. The lowest BCUT2D eigenvalue weighted by Crippen LogP contribution is -2.38. The van der Waals surface area contributed by atoms with E-state index in [-0.39, 0.29) is 27.9 Å². The minimum atomic E-state index is -0.535. The molecule has 2 aliphatic rings. The zero-order valence-electron chi connectivity index (χ0n) is 16.7. The van der Waals surface area contributed by atoms with Crippen molar-refractivity contribution in [1.29, 1.82) is 5.26 Å². The number of nitriles is 1. The zero-order valence-corrected chi connectivity index (χ0v) is 18.3. The first-order valence-corrected chi connectivity index (χ1v) is 11.1. The molecule has 1 aromatic heterocycles. The molecule has 2 aromatic rings. The van der Waals surface area contributed by atoms with E-state index in [1.54, 1.807) is 16.2 Å². The molecule has 0 fully saturated rings. The topological polar surface area (TPSA) is 113 Å². The van der Waals surface area contributed by atoms with E-state index >= 15 is 0 Å². The third-order valence-corrected chi connectivity index (χ3v) is 7.22. The summed E-state index contributed by atoms with van der Waals surface area (Å²) in [5.74, 6) is -0.425. The Balaban J connectivity index is 1.98. The standard InChI is InChI=1S/C22H19ClN4O3S/c1-2-13-7-9-19(31-13)20-14(11-24)22(25)26(16-4-3-5-18(28)21(16)20)17-10-12(27(29)30)6-8-15(17)23/h6-10,20H,2-5,25H2,1H3/t20-/m0/s1. The highest BCUT2D eigenvalue weighted by Crippen LogP contribution is 2.49. The SMILES string of the molecule is CCc1ccc([C@@H]2C(C#N)=C(N)N(c3cc([N+](=O)[O-])ccc3Cl)C3=C2C(=O)CCC3)s1. The average molecular weight is 455 g/mol. The Bertz CT molecular complexity index is 1210. The molecule has 0 spiro atoms. The molecule has 0 saturated carbocycles. The predicted molar refractivity (Wildman–Crippen MR) is 120 cm³/mol. The molecule has 9 heteroatoms. The summed E-state index contributed by atoms with van der Waals surface area (Å²) in [6, 6.07) is 10.2. The van der Waals surface area contributed by atoms with Gasteiger partial charge in [0.05, 0.1) is 33.2 Å². The number of non-ortho nitro benzene ring substituents is 1. The van der Waals surface area contributed by atoms with Crippen LogP contribution >= 0.6 is 22.9 Å². The van der Waals surface area contributed by atoms with Gasteiger partial charge in [-0.25, -0.2) is 0 Å². The first kappa shape index (κ1) is 21.1. The lowest BCUT2D eigenvalue weighted by Gasteiger charge is -2.39. The molecule has 1 aliphatic carbocycles. The lowest BCUT2D eigenvalue weighted by molar-refractivity contribution is -0.384. The number of Topliss-reactive ketones (excluding diaryl/α,β-unsaturated/α-hetero) is 1. The van der Waals surface area contributed by atoms with Crippen LogP contribution in [0.2, 0.25) is 5.02 Å². The van der Waals surface area contributed by atoms with Gasteiger partial charge in [0.15, 0.2) is 5.78 Å². The van der Waals surface area contributed by atoms with Gasteiger partial charge in [-0.3, -0.25) is 19.8 Å². The second kappa shape index (κ2) is 8.17. The number of nitrogens with zero attached hydrogens (tertiary/aromatic N) is 3. The van der Waals surface area contributed by atoms with Crippen molar-refractivity contribution >= 4 is 40.1 Å². The number of nitrogens with two attached hydrogens (primary N) is 1. The number of nitro groups is 1. The number of hydrogen-bond donors (Lipinski definition) is 1. The van der Waals surface area contributed by atoms with Crippen molar-refractivity contribution in [3.05, 3.63) is 77.9 Å². The maximum Gasteiger partial charge on any atom is 0.271 e. The maximum atomic E-state index is 13.1. The Morgan fingerprint density at radius 3 is 2.77 bits per heavy atom. The van der Waals surface area contributed by atoms with Gasteiger partial charge in [0.25, 0.3) is 5.69 Å². The molecule has 2 N–H and O–H groups in total. The van der Waals surface area contributed by atoms with Gasteiger partial charge in [-0.15, -0.1) is 11.3 Å². The third kappa shape index (κ3) is 3.50. The number of nitro benzene ring substituents is 1. The molecule has 1 aromatic carbocycles. The molecule has 0 amide bonds. The number of aryl methyl sites for hydroxylation is 1. The van der Waals surface area contributed by atoms with Gasteiger partial charge in [0, 0.05) is 39.6 Å². The molecule has 7 nitrogen and oxygen atoms in total. The van der Waals surface area contributed by atoms with Crippen LogP contribution < -0.4 is 10.6 Å². The number of anilines is 1. The Hall–Kier alpha value is -3.15. The van der Waals surface area contributed by atoms with Crippen molar-refractivity contribution in [2.75, 3.05) is 4.90 Å². The van der Waals surface area contributed by atoms with Crippen molar-refractivity contribution in [2.24, 2.45) is 5.73 Å². The van der Waals surface area contributed by atoms with Gasteiger partial charge in [-0.2, -0.15) is 5.26 Å². The fourth-order valence-corrected chi connectivity index (χ4v) is 5.45. The molecule has 158 valence electrons. The molecule has 4 rings (SSSR count). The minimum absolute atomic E-state index is 0.0375. The minimum Gasteiger partial charge on any atom is -0.384 e. The van der Waals surface area contributed by atoms with E-state index in [0.29, 0.717) is 36.2 Å². The molecule has 0 bridgehead atoms. The van der Waals surface area contributed by atoms with Crippen LogP contribution in [0.25, 0.3) is 0 Å². The summed E-state index contributed by atoms with van der Waals surface area (Å²) in [6.07, 6.45) is 2.43. The predicted octanol–water partition coefficient (Wildman–Crippen LogP) is 5.18. The van der Waals surface area contributed by atoms with Gasteiger partial charge < -0.3 is 5.73 Å². The van der Waals surface area contributed by atoms with Crippen molar-refractivity contribution in [1.82, 2.24) is 0 Å². The first-order chi connectivity index (χ1) is 14.9. The quantitative estimate of drug-likeness (QED) is 0.503.